The number of anilines is 2. The van der Waals surface area contributed by atoms with E-state index in [9.17, 15) is 13.2 Å². The Kier molecular flexibility index (Phi) is 9.24. The van der Waals surface area contributed by atoms with Crippen molar-refractivity contribution in [2.75, 3.05) is 62.8 Å². The monoisotopic (exact) mass is 663 g/mol. The van der Waals surface area contributed by atoms with Gasteiger partial charge in [-0.15, -0.1) is 0 Å². The lowest BCUT2D eigenvalue weighted by Crippen LogP contribution is -2.47. The third kappa shape index (κ3) is 6.89. The third-order valence-corrected chi connectivity index (χ3v) is 9.76. The minimum atomic E-state index is -3.29. The zero-order valence-corrected chi connectivity index (χ0v) is 26.4. The zero-order chi connectivity index (χ0) is 29.1. The van der Waals surface area contributed by atoms with E-state index >= 15 is 0 Å². The molecule has 10 nitrogen and oxygen atoms in total. The molecule has 41 heavy (non-hydrogen) atoms. The molecule has 2 aromatic carbocycles. The van der Waals surface area contributed by atoms with Gasteiger partial charge in [0.2, 0.25) is 10.0 Å². The van der Waals surface area contributed by atoms with Crippen molar-refractivity contribution >= 4 is 55.0 Å². The minimum absolute atomic E-state index is 0.278. The number of rotatable bonds is 8. The lowest BCUT2D eigenvalue weighted by atomic mass is 10.0. The average molecular weight is 665 g/mol. The number of fused-ring (bicyclic) bond motifs is 1. The lowest BCUT2D eigenvalue weighted by Gasteiger charge is -2.37. The summed E-state index contributed by atoms with van der Waals surface area (Å²) in [7, 11) is -1.70. The quantitative estimate of drug-likeness (QED) is 0.374. The number of para-hydroxylation sites is 1. The smallest absolute Gasteiger partial charge is 0.319 e. The fourth-order valence-electron chi connectivity index (χ4n) is 5.54. The first-order chi connectivity index (χ1) is 19.6. The van der Waals surface area contributed by atoms with E-state index in [1.165, 1.54) is 10.6 Å². The Morgan fingerprint density at radius 1 is 1.05 bits per heavy atom. The molecule has 3 aromatic rings. The Bertz CT molecular complexity index is 1510. The van der Waals surface area contributed by atoms with Crippen LogP contribution in [0.2, 0.25) is 5.02 Å². The molecule has 220 valence electrons. The molecular formula is C28H35BrClN7O3S. The summed E-state index contributed by atoms with van der Waals surface area (Å²) in [6.45, 7) is 5.89. The number of piperazine rings is 1. The standard InChI is InChI=1S/C28H35BrClN7O3S/c1-31-28(38)32-24-6-3-5-23(30)27(24)35-17-15-34(16-18-35)12-4-13-37-25-11-14-36(41(2,39)40)19-22(25)26(33-37)20-7-9-21(29)10-8-20/h3,5-10H,4,11-19H2,1-2H3,(H2,31,32,38). The van der Waals surface area contributed by atoms with Crippen molar-refractivity contribution in [3.8, 4) is 11.3 Å². The van der Waals surface area contributed by atoms with Crippen molar-refractivity contribution in [1.29, 1.82) is 0 Å². The Labute approximate surface area is 254 Å². The molecule has 0 radical (unpaired) electrons. The number of nitrogens with one attached hydrogen (secondary N) is 2. The lowest BCUT2D eigenvalue weighted by molar-refractivity contribution is 0.248. The highest BCUT2D eigenvalue weighted by atomic mass is 79.9. The summed E-state index contributed by atoms with van der Waals surface area (Å²) in [6, 6.07) is 13.3. The van der Waals surface area contributed by atoms with Crippen LogP contribution in [-0.4, -0.2) is 86.0 Å². The molecule has 13 heteroatoms. The number of nitrogens with zero attached hydrogens (tertiary/aromatic N) is 5. The van der Waals surface area contributed by atoms with Gasteiger partial charge in [-0.1, -0.05) is 45.7 Å². The van der Waals surface area contributed by atoms with Crippen LogP contribution in [0.1, 0.15) is 17.7 Å². The first-order valence-electron chi connectivity index (χ1n) is 13.7. The Hall–Kier alpha value is -2.64. The van der Waals surface area contributed by atoms with Gasteiger partial charge in [-0.2, -0.15) is 9.40 Å². The van der Waals surface area contributed by atoms with Crippen LogP contribution >= 0.6 is 27.5 Å². The Morgan fingerprint density at radius 2 is 1.78 bits per heavy atom. The number of aromatic nitrogens is 2. The summed E-state index contributed by atoms with van der Waals surface area (Å²) in [5.41, 5.74) is 5.52. The van der Waals surface area contributed by atoms with Crippen LogP contribution in [0.3, 0.4) is 0 Å². The normalized spacial score (nSPS) is 16.4. The SMILES string of the molecule is CNC(=O)Nc1cccc(Cl)c1N1CCN(CCCn2nc(-c3ccc(Br)cc3)c3c2CCN(S(C)(=O)=O)C3)CC1. The summed E-state index contributed by atoms with van der Waals surface area (Å²) in [4.78, 5) is 16.6. The van der Waals surface area contributed by atoms with Crippen LogP contribution in [0.4, 0.5) is 16.2 Å². The number of halogens is 2. The number of sulfonamides is 1. The largest absolute Gasteiger partial charge is 0.366 e. The number of urea groups is 1. The molecule has 0 saturated carbocycles. The summed E-state index contributed by atoms with van der Waals surface area (Å²) >= 11 is 10.0. The minimum Gasteiger partial charge on any atom is -0.366 e. The van der Waals surface area contributed by atoms with Gasteiger partial charge in [-0.3, -0.25) is 9.58 Å². The highest BCUT2D eigenvalue weighted by Gasteiger charge is 2.30. The van der Waals surface area contributed by atoms with Crippen LogP contribution in [0, 0.1) is 0 Å². The van der Waals surface area contributed by atoms with E-state index in [4.69, 9.17) is 16.7 Å². The van der Waals surface area contributed by atoms with Crippen LogP contribution in [-0.2, 0) is 29.5 Å². The van der Waals surface area contributed by atoms with Crippen molar-refractivity contribution in [1.82, 2.24) is 24.3 Å². The van der Waals surface area contributed by atoms with Crippen molar-refractivity contribution in [3.05, 3.63) is 63.2 Å². The number of aryl methyl sites for hydroxylation is 1. The number of hydrogen-bond acceptors (Lipinski definition) is 6. The van der Waals surface area contributed by atoms with E-state index < -0.39 is 10.0 Å². The van der Waals surface area contributed by atoms with Crippen molar-refractivity contribution in [3.63, 3.8) is 0 Å². The van der Waals surface area contributed by atoms with Gasteiger partial charge in [0.05, 0.1) is 28.3 Å². The second kappa shape index (κ2) is 12.7. The molecule has 5 rings (SSSR count). The summed E-state index contributed by atoms with van der Waals surface area (Å²) in [5, 5.41) is 11.1. The number of carbonyl (C=O) groups excluding carboxylic acids is 1. The highest BCUT2D eigenvalue weighted by molar-refractivity contribution is 9.10. The molecule has 1 saturated heterocycles. The van der Waals surface area contributed by atoms with E-state index in [0.29, 0.717) is 30.2 Å². The second-order valence-corrected chi connectivity index (χ2v) is 13.7. The number of amides is 2. The molecule has 0 unspecified atom stereocenters. The fraction of sp³-hybridized carbons (Fsp3) is 0.429. The molecule has 0 aliphatic carbocycles. The fourth-order valence-corrected chi connectivity index (χ4v) is 6.88. The molecule has 2 aliphatic heterocycles. The maximum absolute atomic E-state index is 12.3. The average Bonchev–Trinajstić information content (AvgIpc) is 3.31. The van der Waals surface area contributed by atoms with Gasteiger partial charge in [-0.05, 0) is 30.7 Å². The third-order valence-electron chi connectivity index (χ3n) is 7.68. The van der Waals surface area contributed by atoms with E-state index in [-0.39, 0.29) is 6.03 Å². The van der Waals surface area contributed by atoms with Gasteiger partial charge in [0, 0.05) is 87.1 Å². The molecule has 2 aliphatic rings. The van der Waals surface area contributed by atoms with Crippen LogP contribution in [0.15, 0.2) is 46.9 Å². The van der Waals surface area contributed by atoms with Crippen LogP contribution < -0.4 is 15.5 Å². The van der Waals surface area contributed by atoms with Crippen molar-refractivity contribution in [2.45, 2.75) is 25.9 Å². The first kappa shape index (κ1) is 29.8. The van der Waals surface area contributed by atoms with Gasteiger partial charge in [0.25, 0.3) is 0 Å². The van der Waals surface area contributed by atoms with Gasteiger partial charge < -0.3 is 15.5 Å². The molecule has 3 heterocycles. The predicted molar refractivity (Wildman–Crippen MR) is 167 cm³/mol. The highest BCUT2D eigenvalue weighted by Crippen LogP contribution is 2.35. The van der Waals surface area contributed by atoms with Gasteiger partial charge in [0.1, 0.15) is 0 Å². The molecular weight excluding hydrogens is 630 g/mol. The predicted octanol–water partition coefficient (Wildman–Crippen LogP) is 4.25. The number of hydrogen-bond donors (Lipinski definition) is 2. The topological polar surface area (TPSA) is 103 Å². The molecule has 1 fully saturated rings. The molecule has 0 spiro atoms. The molecule has 1 aromatic heterocycles. The number of carbonyl (C=O) groups is 1. The van der Waals surface area contributed by atoms with Crippen LogP contribution in [0.5, 0.6) is 0 Å². The summed E-state index contributed by atoms with van der Waals surface area (Å²) < 4.78 is 29.2. The van der Waals surface area contributed by atoms with Crippen LogP contribution in [0.25, 0.3) is 11.3 Å². The van der Waals surface area contributed by atoms with Gasteiger partial charge in [-0.25, -0.2) is 13.2 Å². The molecule has 2 amide bonds. The Morgan fingerprint density at radius 3 is 2.46 bits per heavy atom. The molecule has 0 bridgehead atoms. The zero-order valence-electron chi connectivity index (χ0n) is 23.2. The summed E-state index contributed by atoms with van der Waals surface area (Å²) in [6.07, 6.45) is 2.85. The number of benzene rings is 2. The van der Waals surface area contributed by atoms with Gasteiger partial charge in [0.15, 0.2) is 0 Å². The second-order valence-electron chi connectivity index (χ2n) is 10.4. The van der Waals surface area contributed by atoms with E-state index in [1.54, 1.807) is 7.05 Å². The van der Waals surface area contributed by atoms with E-state index in [2.05, 4.69) is 41.0 Å². The van der Waals surface area contributed by atoms with Gasteiger partial charge >= 0.3 is 6.03 Å². The van der Waals surface area contributed by atoms with E-state index in [1.807, 2.05) is 42.5 Å². The summed E-state index contributed by atoms with van der Waals surface area (Å²) in [5.74, 6) is 0. The Balaban J connectivity index is 1.24. The maximum Gasteiger partial charge on any atom is 0.319 e. The van der Waals surface area contributed by atoms with Crippen molar-refractivity contribution < 1.29 is 13.2 Å². The van der Waals surface area contributed by atoms with E-state index in [0.717, 1.165) is 78.4 Å². The maximum atomic E-state index is 12.3. The van der Waals surface area contributed by atoms with Crippen molar-refractivity contribution in [2.24, 2.45) is 0 Å². The molecule has 0 atom stereocenters. The molecule has 2 N–H and O–H groups in total. The first-order valence-corrected chi connectivity index (χ1v) is 16.7.